The molecule has 2 heterocycles. The topological polar surface area (TPSA) is 113 Å². The number of rotatable bonds is 7. The zero-order chi connectivity index (χ0) is 17.0. The number of carboxylic acid groups (broad SMARTS) is 2. The first-order valence-corrected chi connectivity index (χ1v) is 7.82. The van der Waals surface area contributed by atoms with Crippen molar-refractivity contribution in [1.82, 2.24) is 4.90 Å². The quantitative estimate of drug-likeness (QED) is 0.649. The molecular weight excluding hydrogens is 305 g/mol. The Labute approximate surface area is 134 Å². The minimum absolute atomic E-state index is 0.376. The van der Waals surface area contributed by atoms with Crippen molar-refractivity contribution in [2.24, 2.45) is 5.92 Å². The van der Waals surface area contributed by atoms with Gasteiger partial charge in [0.25, 0.3) is 5.97 Å². The molecule has 2 aliphatic rings. The Balaban J connectivity index is 1.90. The first kappa shape index (κ1) is 17.7. The van der Waals surface area contributed by atoms with Crippen molar-refractivity contribution in [3.05, 3.63) is 0 Å². The lowest BCUT2D eigenvalue weighted by atomic mass is 9.76. The molecule has 0 aliphatic carbocycles. The molecule has 0 aromatic heterocycles. The maximum atomic E-state index is 11.7. The predicted octanol–water partition coefficient (Wildman–Crippen LogP) is 0.468. The minimum Gasteiger partial charge on any atom is -0.509 e. The van der Waals surface area contributed by atoms with Crippen LogP contribution in [0, 0.1) is 5.92 Å². The molecule has 8 nitrogen and oxygen atoms in total. The van der Waals surface area contributed by atoms with Gasteiger partial charge in [0.15, 0.2) is 5.60 Å². The van der Waals surface area contributed by atoms with Gasteiger partial charge in [-0.05, 0) is 38.7 Å². The third-order valence-electron chi connectivity index (χ3n) is 4.42. The summed E-state index contributed by atoms with van der Waals surface area (Å²) in [5.74, 6) is -2.91. The molecule has 2 rings (SSSR count). The number of hydrogen-bond donors (Lipinski definition) is 2. The second-order valence-electron chi connectivity index (χ2n) is 6.43. The Morgan fingerprint density at radius 3 is 2.74 bits per heavy atom. The van der Waals surface area contributed by atoms with Gasteiger partial charge in [-0.3, -0.25) is 9.59 Å². The van der Waals surface area contributed by atoms with E-state index in [0.717, 1.165) is 32.4 Å². The molecule has 2 aliphatic heterocycles. The fourth-order valence-corrected chi connectivity index (χ4v) is 3.24. The van der Waals surface area contributed by atoms with Crippen LogP contribution in [0.25, 0.3) is 0 Å². The monoisotopic (exact) mass is 327 g/mol. The molecule has 0 aromatic rings. The van der Waals surface area contributed by atoms with Gasteiger partial charge in [-0.1, -0.05) is 6.42 Å². The van der Waals surface area contributed by atoms with Gasteiger partial charge < -0.3 is 24.4 Å². The smallest absolute Gasteiger partial charge is 0.509 e. The van der Waals surface area contributed by atoms with Crippen LogP contribution in [0.1, 0.15) is 32.1 Å². The molecule has 0 amide bonds. The number of likely N-dealkylation sites (tertiary alicyclic amines) is 1. The molecule has 23 heavy (non-hydrogen) atoms. The van der Waals surface area contributed by atoms with Crippen molar-refractivity contribution in [1.29, 1.82) is 0 Å². The van der Waals surface area contributed by atoms with Gasteiger partial charge in [0, 0.05) is 6.54 Å². The van der Waals surface area contributed by atoms with E-state index in [2.05, 4.69) is 11.9 Å². The molecule has 2 N–H and O–H groups in total. The average Bonchev–Trinajstić information content (AvgIpc) is 2.82. The summed E-state index contributed by atoms with van der Waals surface area (Å²) in [6.07, 6.45) is 1.83. The summed E-state index contributed by atoms with van der Waals surface area (Å²) in [7, 11) is 1.07. The summed E-state index contributed by atoms with van der Waals surface area (Å²) in [4.78, 5) is 36.3. The van der Waals surface area contributed by atoms with Crippen LogP contribution in [0.15, 0.2) is 0 Å². The third kappa shape index (κ3) is 4.68. The molecule has 0 spiro atoms. The van der Waals surface area contributed by atoms with Crippen molar-refractivity contribution in [3.63, 3.8) is 0 Å². The van der Waals surface area contributed by atoms with Gasteiger partial charge in [-0.25, -0.2) is 4.79 Å². The molecule has 2 atom stereocenters. The second-order valence-corrected chi connectivity index (χ2v) is 6.43. The number of carbonyl (C=O) groups is 3. The second kappa shape index (κ2) is 7.31. The normalized spacial score (nSPS) is 28.7. The molecule has 9 heteroatoms. The fraction of sp³-hybridized carbons (Fsp3) is 0.786. The number of aliphatic carboxylic acids is 2. The van der Waals surface area contributed by atoms with Crippen LogP contribution < -0.4 is 0 Å². The standard InChI is InChI=1S/C14H22BNO7/c1-16-6-4-10(9-16)3-2-5-15-22-12(19)8-14(23-15,13(20)21)7-11(17)18/h10H,2-9H2,1H3,(H,17,18)(H,20,21). The molecule has 2 saturated heterocycles. The summed E-state index contributed by atoms with van der Waals surface area (Å²) in [5, 5.41) is 18.2. The molecule has 0 aromatic carbocycles. The van der Waals surface area contributed by atoms with Crippen molar-refractivity contribution in [2.75, 3.05) is 20.1 Å². The summed E-state index contributed by atoms with van der Waals surface area (Å²) in [6, 6.07) is 0. The van der Waals surface area contributed by atoms with Crippen LogP contribution in [0.5, 0.6) is 0 Å². The largest absolute Gasteiger partial charge is 0.528 e. The number of carbonyl (C=O) groups excluding carboxylic acids is 1. The lowest BCUT2D eigenvalue weighted by molar-refractivity contribution is -0.174. The highest BCUT2D eigenvalue weighted by atomic mass is 16.6. The van der Waals surface area contributed by atoms with Crippen molar-refractivity contribution in [3.8, 4) is 0 Å². The lowest BCUT2D eigenvalue weighted by Crippen LogP contribution is -2.54. The number of carboxylic acids is 2. The van der Waals surface area contributed by atoms with Crippen LogP contribution >= 0.6 is 0 Å². The van der Waals surface area contributed by atoms with E-state index in [9.17, 15) is 19.5 Å². The molecule has 0 bridgehead atoms. The molecule has 0 saturated carbocycles. The zero-order valence-corrected chi connectivity index (χ0v) is 13.2. The fourth-order valence-electron chi connectivity index (χ4n) is 3.24. The number of hydrogen-bond acceptors (Lipinski definition) is 6. The van der Waals surface area contributed by atoms with E-state index < -0.39 is 43.5 Å². The maximum absolute atomic E-state index is 11.7. The van der Waals surface area contributed by atoms with Crippen LogP contribution in [0.2, 0.25) is 6.32 Å². The minimum atomic E-state index is -2.03. The van der Waals surface area contributed by atoms with Crippen molar-refractivity contribution in [2.45, 2.75) is 44.0 Å². The van der Waals surface area contributed by atoms with E-state index >= 15 is 0 Å². The van der Waals surface area contributed by atoms with Gasteiger partial charge in [-0.2, -0.15) is 0 Å². The van der Waals surface area contributed by atoms with Gasteiger partial charge in [-0.15, -0.1) is 0 Å². The Morgan fingerprint density at radius 1 is 1.43 bits per heavy atom. The Kier molecular flexibility index (Phi) is 5.64. The summed E-state index contributed by atoms with van der Waals surface area (Å²) in [5.41, 5.74) is -2.03. The highest BCUT2D eigenvalue weighted by Gasteiger charge is 2.51. The molecule has 2 fully saturated rings. The molecular formula is C14H22BNO7. The van der Waals surface area contributed by atoms with Gasteiger partial charge in [0.1, 0.15) is 0 Å². The summed E-state index contributed by atoms with van der Waals surface area (Å²) >= 11 is 0. The number of nitrogens with zero attached hydrogens (tertiary/aromatic N) is 1. The maximum Gasteiger partial charge on any atom is 0.528 e. The van der Waals surface area contributed by atoms with Gasteiger partial charge in [0.05, 0.1) is 12.8 Å². The van der Waals surface area contributed by atoms with E-state index in [1.807, 2.05) is 0 Å². The van der Waals surface area contributed by atoms with Crippen LogP contribution in [0.4, 0.5) is 0 Å². The van der Waals surface area contributed by atoms with Gasteiger partial charge in [0.2, 0.25) is 0 Å². The molecule has 128 valence electrons. The highest BCUT2D eigenvalue weighted by molar-refractivity contribution is 6.48. The van der Waals surface area contributed by atoms with E-state index in [-0.39, 0.29) is 0 Å². The SMILES string of the molecule is CN1CCC(CCCB2OC(=O)CC(CC(=O)O)(C(=O)O)O2)C1. The summed E-state index contributed by atoms with van der Waals surface area (Å²) < 4.78 is 10.4. The Morgan fingerprint density at radius 2 is 2.17 bits per heavy atom. The Bertz CT molecular complexity index is 482. The van der Waals surface area contributed by atoms with Crippen molar-refractivity contribution >= 4 is 25.0 Å². The van der Waals surface area contributed by atoms with Crippen LogP contribution in [-0.2, 0) is 23.7 Å². The zero-order valence-electron chi connectivity index (χ0n) is 13.2. The lowest BCUT2D eigenvalue weighted by Gasteiger charge is -2.34. The van der Waals surface area contributed by atoms with Gasteiger partial charge >= 0.3 is 19.1 Å². The van der Waals surface area contributed by atoms with E-state index in [1.165, 1.54) is 0 Å². The van der Waals surface area contributed by atoms with E-state index in [0.29, 0.717) is 12.2 Å². The van der Waals surface area contributed by atoms with Crippen LogP contribution in [0.3, 0.4) is 0 Å². The molecule has 0 radical (unpaired) electrons. The molecule has 2 unspecified atom stereocenters. The van der Waals surface area contributed by atoms with E-state index in [1.54, 1.807) is 0 Å². The van der Waals surface area contributed by atoms with Crippen molar-refractivity contribution < 1.29 is 33.9 Å². The third-order valence-corrected chi connectivity index (χ3v) is 4.42. The van der Waals surface area contributed by atoms with Crippen LogP contribution in [-0.4, -0.2) is 65.9 Å². The van der Waals surface area contributed by atoms with E-state index in [4.69, 9.17) is 14.4 Å². The first-order valence-electron chi connectivity index (χ1n) is 7.82. The highest BCUT2D eigenvalue weighted by Crippen LogP contribution is 2.30. The first-order chi connectivity index (χ1) is 10.8. The average molecular weight is 327 g/mol. The predicted molar refractivity (Wildman–Crippen MR) is 79.8 cm³/mol. The summed E-state index contributed by atoms with van der Waals surface area (Å²) in [6.45, 7) is 2.10. The Hall–Kier alpha value is -1.61.